The van der Waals surface area contributed by atoms with Gasteiger partial charge in [0.15, 0.2) is 11.5 Å². The molecule has 33 heavy (non-hydrogen) atoms. The number of hydrogen-bond donors (Lipinski definition) is 1. The number of para-hydroxylation sites is 1. The SMILES string of the molecule is COc1cc2nc(Cc3ccc4c5ccccc5n(C(C)=O)c4c3)[nH]c(=O)c2cc1OC.Cl. The van der Waals surface area contributed by atoms with E-state index < -0.39 is 0 Å². The van der Waals surface area contributed by atoms with Crippen LogP contribution >= 0.6 is 12.4 Å². The van der Waals surface area contributed by atoms with Crippen LogP contribution in [-0.2, 0) is 6.42 Å². The van der Waals surface area contributed by atoms with E-state index in [2.05, 4.69) is 9.97 Å². The zero-order valence-corrected chi connectivity index (χ0v) is 19.2. The molecule has 5 rings (SSSR count). The van der Waals surface area contributed by atoms with E-state index in [0.29, 0.717) is 34.6 Å². The van der Waals surface area contributed by atoms with Gasteiger partial charge < -0.3 is 14.5 Å². The number of nitrogens with zero attached hydrogens (tertiary/aromatic N) is 2. The summed E-state index contributed by atoms with van der Waals surface area (Å²) >= 11 is 0. The van der Waals surface area contributed by atoms with Gasteiger partial charge in [-0.15, -0.1) is 12.4 Å². The van der Waals surface area contributed by atoms with Crippen molar-refractivity contribution in [1.82, 2.24) is 14.5 Å². The van der Waals surface area contributed by atoms with Crippen LogP contribution < -0.4 is 15.0 Å². The van der Waals surface area contributed by atoms with Gasteiger partial charge in [0.2, 0.25) is 5.91 Å². The molecular weight excluding hydrogens is 442 g/mol. The fourth-order valence-electron chi connectivity index (χ4n) is 4.26. The lowest BCUT2D eigenvalue weighted by Crippen LogP contribution is -2.12. The number of benzene rings is 3. The van der Waals surface area contributed by atoms with E-state index in [4.69, 9.17) is 9.47 Å². The quantitative estimate of drug-likeness (QED) is 0.416. The van der Waals surface area contributed by atoms with Crippen molar-refractivity contribution in [1.29, 1.82) is 0 Å². The Bertz CT molecular complexity index is 1590. The van der Waals surface area contributed by atoms with Crippen molar-refractivity contribution >= 4 is 51.0 Å². The van der Waals surface area contributed by atoms with Crippen LogP contribution in [0.1, 0.15) is 23.1 Å². The average Bonchev–Trinajstić information content (AvgIpc) is 3.12. The summed E-state index contributed by atoms with van der Waals surface area (Å²) in [6.45, 7) is 1.56. The first kappa shape index (κ1) is 22.4. The molecule has 1 N–H and O–H groups in total. The minimum absolute atomic E-state index is 0. The van der Waals surface area contributed by atoms with Gasteiger partial charge in [0.05, 0.1) is 36.2 Å². The lowest BCUT2D eigenvalue weighted by atomic mass is 10.1. The lowest BCUT2D eigenvalue weighted by Gasteiger charge is -2.09. The third-order valence-corrected chi connectivity index (χ3v) is 5.68. The van der Waals surface area contributed by atoms with E-state index >= 15 is 0 Å². The van der Waals surface area contributed by atoms with E-state index in [-0.39, 0.29) is 23.9 Å². The van der Waals surface area contributed by atoms with Crippen molar-refractivity contribution in [3.63, 3.8) is 0 Å². The highest BCUT2D eigenvalue weighted by Crippen LogP contribution is 2.31. The van der Waals surface area contributed by atoms with Gasteiger partial charge >= 0.3 is 0 Å². The van der Waals surface area contributed by atoms with Crippen molar-refractivity contribution < 1.29 is 14.3 Å². The Morgan fingerprint density at radius 3 is 2.36 bits per heavy atom. The van der Waals surface area contributed by atoms with Gasteiger partial charge in [-0.05, 0) is 23.8 Å². The topological polar surface area (TPSA) is 86.2 Å². The summed E-state index contributed by atoms with van der Waals surface area (Å²) in [7, 11) is 3.07. The van der Waals surface area contributed by atoms with Crippen LogP contribution in [0.15, 0.2) is 59.4 Å². The molecule has 0 unspecified atom stereocenters. The number of aromatic nitrogens is 3. The number of fused-ring (bicyclic) bond motifs is 4. The van der Waals surface area contributed by atoms with Crippen LogP contribution in [0.5, 0.6) is 11.5 Å². The fraction of sp³-hybridized carbons (Fsp3) is 0.160. The molecule has 0 fully saturated rings. The second-order valence-corrected chi connectivity index (χ2v) is 7.64. The molecule has 168 valence electrons. The number of rotatable bonds is 4. The van der Waals surface area contributed by atoms with E-state index in [1.807, 2.05) is 42.5 Å². The molecule has 2 aromatic heterocycles. The normalized spacial score (nSPS) is 11.0. The highest BCUT2D eigenvalue weighted by atomic mass is 35.5. The highest BCUT2D eigenvalue weighted by molar-refractivity contribution is 6.13. The maximum atomic E-state index is 12.7. The van der Waals surface area contributed by atoms with Crippen molar-refractivity contribution in [3.8, 4) is 11.5 Å². The van der Waals surface area contributed by atoms with E-state index in [1.165, 1.54) is 7.11 Å². The summed E-state index contributed by atoms with van der Waals surface area (Å²) in [5.41, 5.74) is 2.94. The van der Waals surface area contributed by atoms with Crippen LogP contribution in [0.3, 0.4) is 0 Å². The molecular formula is C25H22ClN3O4. The monoisotopic (exact) mass is 463 g/mol. The third-order valence-electron chi connectivity index (χ3n) is 5.68. The summed E-state index contributed by atoms with van der Waals surface area (Å²) in [4.78, 5) is 32.6. The molecule has 0 amide bonds. The number of methoxy groups -OCH3 is 2. The molecule has 0 radical (unpaired) electrons. The number of hydrogen-bond acceptors (Lipinski definition) is 5. The van der Waals surface area contributed by atoms with Crippen molar-refractivity contribution in [3.05, 3.63) is 76.3 Å². The van der Waals surface area contributed by atoms with Crippen molar-refractivity contribution in [2.45, 2.75) is 13.3 Å². The number of carbonyl (C=O) groups excluding carboxylic acids is 1. The lowest BCUT2D eigenvalue weighted by molar-refractivity contribution is 0.0946. The van der Waals surface area contributed by atoms with E-state index in [1.54, 1.807) is 30.7 Å². The standard InChI is InChI=1S/C25H21N3O4.ClH/c1-14(29)28-20-7-5-4-6-16(20)17-9-8-15(10-21(17)28)11-24-26-19-13-23(32-3)22(31-2)12-18(19)25(30)27-24;/h4-10,12-13H,11H2,1-3H3,(H,26,27,30);1H. The van der Waals surface area contributed by atoms with Crippen LogP contribution in [0.4, 0.5) is 0 Å². The molecule has 0 aliphatic heterocycles. The van der Waals surface area contributed by atoms with Gasteiger partial charge in [0.1, 0.15) is 5.82 Å². The Kier molecular flexibility index (Phi) is 5.82. The summed E-state index contributed by atoms with van der Waals surface area (Å²) in [5, 5.41) is 2.47. The number of H-pyrrole nitrogens is 1. The van der Waals surface area contributed by atoms with E-state index in [9.17, 15) is 9.59 Å². The maximum Gasteiger partial charge on any atom is 0.258 e. The Balaban J connectivity index is 0.00000259. The first-order valence-electron chi connectivity index (χ1n) is 10.2. The van der Waals surface area contributed by atoms with E-state index in [0.717, 1.165) is 27.4 Å². The second kappa shape index (κ2) is 8.60. The number of aromatic amines is 1. The zero-order valence-electron chi connectivity index (χ0n) is 18.3. The molecule has 5 aromatic rings. The minimum atomic E-state index is -0.245. The number of halogens is 1. The molecule has 2 heterocycles. The molecule has 0 bridgehead atoms. The Morgan fingerprint density at radius 2 is 1.64 bits per heavy atom. The average molecular weight is 464 g/mol. The molecule has 0 aliphatic carbocycles. The Morgan fingerprint density at radius 1 is 0.939 bits per heavy atom. The molecule has 3 aromatic carbocycles. The van der Waals surface area contributed by atoms with Crippen molar-refractivity contribution in [2.24, 2.45) is 0 Å². The first-order valence-corrected chi connectivity index (χ1v) is 10.2. The van der Waals surface area contributed by atoms with Crippen LogP contribution in [0.25, 0.3) is 32.7 Å². The molecule has 7 nitrogen and oxygen atoms in total. The Labute approximate surface area is 195 Å². The van der Waals surface area contributed by atoms with Gasteiger partial charge in [-0.25, -0.2) is 4.98 Å². The maximum absolute atomic E-state index is 12.7. The molecule has 0 aliphatic rings. The van der Waals surface area contributed by atoms with Gasteiger partial charge in [-0.2, -0.15) is 0 Å². The molecule has 0 atom stereocenters. The molecule has 8 heteroatoms. The number of carbonyl (C=O) groups is 1. The molecule has 0 spiro atoms. The number of ether oxygens (including phenoxy) is 2. The van der Waals surface area contributed by atoms with Gasteiger partial charge in [-0.3, -0.25) is 14.2 Å². The largest absolute Gasteiger partial charge is 0.493 e. The smallest absolute Gasteiger partial charge is 0.258 e. The van der Waals surface area contributed by atoms with Crippen LogP contribution in [0.2, 0.25) is 0 Å². The third kappa shape index (κ3) is 3.70. The second-order valence-electron chi connectivity index (χ2n) is 7.64. The molecule has 0 saturated carbocycles. The molecule has 0 saturated heterocycles. The zero-order chi connectivity index (χ0) is 22.4. The Hall–Kier alpha value is -3.84. The van der Waals surface area contributed by atoms with Crippen molar-refractivity contribution in [2.75, 3.05) is 14.2 Å². The predicted octanol–water partition coefficient (Wildman–Crippen LogP) is 4.72. The van der Waals surface area contributed by atoms with Gasteiger partial charge in [-0.1, -0.05) is 30.3 Å². The van der Waals surface area contributed by atoms with Crippen LogP contribution in [-0.4, -0.2) is 34.7 Å². The fourth-order valence-corrected chi connectivity index (χ4v) is 4.26. The summed E-state index contributed by atoms with van der Waals surface area (Å²) in [5.74, 6) is 1.46. The van der Waals surface area contributed by atoms with Crippen LogP contribution in [0, 0.1) is 0 Å². The number of nitrogens with one attached hydrogen (secondary N) is 1. The summed E-state index contributed by atoms with van der Waals surface area (Å²) < 4.78 is 12.4. The minimum Gasteiger partial charge on any atom is -0.493 e. The highest BCUT2D eigenvalue weighted by Gasteiger charge is 2.15. The first-order chi connectivity index (χ1) is 15.5. The summed E-state index contributed by atoms with van der Waals surface area (Å²) in [6.07, 6.45) is 0.412. The van der Waals surface area contributed by atoms with Gasteiger partial charge in [0, 0.05) is 30.2 Å². The predicted molar refractivity (Wildman–Crippen MR) is 131 cm³/mol. The summed E-state index contributed by atoms with van der Waals surface area (Å²) in [6, 6.07) is 17.2. The van der Waals surface area contributed by atoms with Gasteiger partial charge in [0.25, 0.3) is 5.56 Å².